The first-order valence-corrected chi connectivity index (χ1v) is 6.04. The normalized spacial score (nSPS) is 11.3. The first-order valence-electron chi connectivity index (χ1n) is 6.04. The summed E-state index contributed by atoms with van der Waals surface area (Å²) in [5.74, 6) is -0.160. The van der Waals surface area contributed by atoms with Crippen LogP contribution in [0.25, 0.3) is 0 Å². The number of hydrogen-bond acceptors (Lipinski definition) is 4. The molecule has 0 aliphatic rings. The van der Waals surface area contributed by atoms with Crippen LogP contribution < -0.4 is 11.1 Å². The third-order valence-electron chi connectivity index (χ3n) is 2.79. The number of amides is 1. The molecule has 0 saturated heterocycles. The summed E-state index contributed by atoms with van der Waals surface area (Å²) in [5.41, 5.74) is 7.48. The van der Waals surface area contributed by atoms with Crippen molar-refractivity contribution in [3.63, 3.8) is 0 Å². The molecule has 1 amide bonds. The van der Waals surface area contributed by atoms with Gasteiger partial charge in [-0.1, -0.05) is 17.3 Å². The number of oxime groups is 1. The molecule has 0 aliphatic heterocycles. The first-order chi connectivity index (χ1) is 9.70. The summed E-state index contributed by atoms with van der Waals surface area (Å²) >= 11 is 0. The van der Waals surface area contributed by atoms with Crippen molar-refractivity contribution in [3.05, 3.63) is 53.6 Å². The van der Waals surface area contributed by atoms with E-state index in [9.17, 15) is 4.79 Å². The van der Waals surface area contributed by atoms with E-state index < -0.39 is 0 Å². The lowest BCUT2D eigenvalue weighted by Gasteiger charge is -2.05. The molecule has 1 aromatic heterocycles. The van der Waals surface area contributed by atoms with E-state index in [1.807, 2.05) is 0 Å². The Labute approximate surface area is 115 Å². The van der Waals surface area contributed by atoms with E-state index in [0.29, 0.717) is 24.1 Å². The van der Waals surface area contributed by atoms with Crippen LogP contribution in [0.15, 0.2) is 41.9 Å². The van der Waals surface area contributed by atoms with Crippen LogP contribution in [-0.4, -0.2) is 33.5 Å². The zero-order valence-electron chi connectivity index (χ0n) is 10.7. The van der Waals surface area contributed by atoms with Gasteiger partial charge in [-0.2, -0.15) is 0 Å². The summed E-state index contributed by atoms with van der Waals surface area (Å²) in [7, 11) is 0. The maximum absolute atomic E-state index is 11.9. The molecule has 1 heterocycles. The summed E-state index contributed by atoms with van der Waals surface area (Å²) in [6, 6.07) is 6.50. The van der Waals surface area contributed by atoms with E-state index in [-0.39, 0.29) is 11.7 Å². The highest BCUT2D eigenvalue weighted by molar-refractivity contribution is 5.99. The van der Waals surface area contributed by atoms with E-state index >= 15 is 0 Å². The summed E-state index contributed by atoms with van der Waals surface area (Å²) in [4.78, 5) is 18.7. The predicted molar refractivity (Wildman–Crippen MR) is 73.6 cm³/mol. The quantitative estimate of drug-likeness (QED) is 0.274. The summed E-state index contributed by atoms with van der Waals surface area (Å²) < 4.78 is 0. The Balaban J connectivity index is 1.89. The smallest absolute Gasteiger partial charge is 0.251 e. The number of benzene rings is 1. The number of aromatic amines is 1. The fourth-order valence-electron chi connectivity index (χ4n) is 1.68. The number of carbonyl (C=O) groups excluding carboxylic acids is 1. The van der Waals surface area contributed by atoms with Crippen molar-refractivity contribution >= 4 is 11.7 Å². The van der Waals surface area contributed by atoms with Gasteiger partial charge in [0.25, 0.3) is 5.91 Å². The summed E-state index contributed by atoms with van der Waals surface area (Å²) in [6.07, 6.45) is 4.01. The Bertz CT molecular complexity index is 590. The number of imidazole rings is 1. The van der Waals surface area contributed by atoms with Gasteiger partial charge in [-0.05, 0) is 12.1 Å². The molecule has 2 aromatic rings. The number of amidine groups is 1. The standard InChI is InChI=1S/C13H15N5O2/c14-12(18-20)9-1-3-10(4-2-9)13(19)16-6-5-11-7-15-8-17-11/h1-4,7-8,20H,5-6H2,(H2,14,18)(H,15,17)(H,16,19). The van der Waals surface area contributed by atoms with Gasteiger partial charge in [0, 0.05) is 36.0 Å². The number of carbonyl (C=O) groups is 1. The van der Waals surface area contributed by atoms with Gasteiger partial charge >= 0.3 is 0 Å². The van der Waals surface area contributed by atoms with Crippen molar-refractivity contribution in [1.29, 1.82) is 0 Å². The van der Waals surface area contributed by atoms with Crippen LogP contribution in [0.2, 0.25) is 0 Å². The molecule has 7 heteroatoms. The van der Waals surface area contributed by atoms with Crippen LogP contribution in [0.1, 0.15) is 21.6 Å². The van der Waals surface area contributed by atoms with Crippen LogP contribution >= 0.6 is 0 Å². The molecular weight excluding hydrogens is 258 g/mol. The molecule has 0 spiro atoms. The van der Waals surface area contributed by atoms with Crippen molar-refractivity contribution < 1.29 is 10.0 Å². The minimum atomic E-state index is -0.171. The first kappa shape index (κ1) is 13.6. The van der Waals surface area contributed by atoms with Gasteiger partial charge in [-0.3, -0.25) is 4.79 Å². The van der Waals surface area contributed by atoms with Gasteiger partial charge < -0.3 is 21.2 Å². The molecule has 0 unspecified atom stereocenters. The maximum atomic E-state index is 11.9. The number of aromatic nitrogens is 2. The lowest BCUT2D eigenvalue weighted by atomic mass is 10.1. The molecular formula is C13H15N5O2. The van der Waals surface area contributed by atoms with E-state index in [1.54, 1.807) is 36.8 Å². The number of rotatable bonds is 5. The minimum absolute atomic E-state index is 0.0104. The Hall–Kier alpha value is -2.83. The maximum Gasteiger partial charge on any atom is 0.251 e. The van der Waals surface area contributed by atoms with Gasteiger partial charge in [0.05, 0.1) is 6.33 Å². The van der Waals surface area contributed by atoms with Gasteiger partial charge in [-0.15, -0.1) is 0 Å². The molecule has 0 aliphatic carbocycles. The molecule has 7 nitrogen and oxygen atoms in total. The van der Waals surface area contributed by atoms with E-state index in [0.717, 1.165) is 5.69 Å². The molecule has 5 N–H and O–H groups in total. The molecule has 0 bridgehead atoms. The topological polar surface area (TPSA) is 116 Å². The lowest BCUT2D eigenvalue weighted by Crippen LogP contribution is -2.25. The number of hydrogen-bond donors (Lipinski definition) is 4. The zero-order valence-corrected chi connectivity index (χ0v) is 10.7. The molecule has 0 fully saturated rings. The fraction of sp³-hybridized carbons (Fsp3) is 0.154. The predicted octanol–water partition coefficient (Wildman–Crippen LogP) is 0.477. The highest BCUT2D eigenvalue weighted by Gasteiger charge is 2.06. The Morgan fingerprint density at radius 1 is 1.35 bits per heavy atom. The van der Waals surface area contributed by atoms with Crippen LogP contribution in [0, 0.1) is 0 Å². The Kier molecular flexibility index (Phi) is 4.33. The second-order valence-electron chi connectivity index (χ2n) is 4.15. The minimum Gasteiger partial charge on any atom is -0.409 e. The van der Waals surface area contributed by atoms with Crippen molar-refractivity contribution in [2.75, 3.05) is 6.54 Å². The molecule has 0 radical (unpaired) electrons. The highest BCUT2D eigenvalue weighted by atomic mass is 16.4. The number of nitrogens with two attached hydrogens (primary N) is 1. The molecule has 0 saturated carbocycles. The largest absolute Gasteiger partial charge is 0.409 e. The third kappa shape index (κ3) is 3.35. The van der Waals surface area contributed by atoms with Crippen LogP contribution in [0.3, 0.4) is 0 Å². The SMILES string of the molecule is NC(=NO)c1ccc(C(=O)NCCc2cnc[nH]2)cc1. The molecule has 20 heavy (non-hydrogen) atoms. The third-order valence-corrected chi connectivity index (χ3v) is 2.79. The van der Waals surface area contributed by atoms with E-state index in [4.69, 9.17) is 10.9 Å². The van der Waals surface area contributed by atoms with Gasteiger partial charge in [0.15, 0.2) is 5.84 Å². The van der Waals surface area contributed by atoms with Crippen LogP contribution in [0.4, 0.5) is 0 Å². The highest BCUT2D eigenvalue weighted by Crippen LogP contribution is 2.04. The average Bonchev–Trinajstić information content (AvgIpc) is 2.99. The number of nitrogens with one attached hydrogen (secondary N) is 2. The summed E-state index contributed by atoms with van der Waals surface area (Å²) in [5, 5.41) is 14.2. The second-order valence-corrected chi connectivity index (χ2v) is 4.15. The monoisotopic (exact) mass is 273 g/mol. The van der Waals surface area contributed by atoms with Gasteiger partial charge in [0.1, 0.15) is 0 Å². The zero-order chi connectivity index (χ0) is 14.4. The summed E-state index contributed by atoms with van der Waals surface area (Å²) in [6.45, 7) is 0.517. The Morgan fingerprint density at radius 2 is 2.05 bits per heavy atom. The van der Waals surface area contributed by atoms with Crippen molar-refractivity contribution in [2.45, 2.75) is 6.42 Å². The van der Waals surface area contributed by atoms with Gasteiger partial charge in [-0.25, -0.2) is 4.98 Å². The average molecular weight is 273 g/mol. The fourth-order valence-corrected chi connectivity index (χ4v) is 1.68. The molecule has 2 rings (SSSR count). The van der Waals surface area contributed by atoms with Crippen molar-refractivity contribution in [2.24, 2.45) is 10.9 Å². The molecule has 104 valence electrons. The molecule has 0 atom stereocenters. The van der Waals surface area contributed by atoms with Crippen molar-refractivity contribution in [3.8, 4) is 0 Å². The van der Waals surface area contributed by atoms with Crippen LogP contribution in [-0.2, 0) is 6.42 Å². The van der Waals surface area contributed by atoms with E-state index in [1.165, 1.54) is 0 Å². The second kappa shape index (κ2) is 6.37. The number of H-pyrrole nitrogens is 1. The lowest BCUT2D eigenvalue weighted by molar-refractivity contribution is 0.0954. The van der Waals surface area contributed by atoms with E-state index in [2.05, 4.69) is 20.4 Å². The van der Waals surface area contributed by atoms with Gasteiger partial charge in [0.2, 0.25) is 0 Å². The van der Waals surface area contributed by atoms with Crippen molar-refractivity contribution in [1.82, 2.24) is 15.3 Å². The molecule has 1 aromatic carbocycles. The number of nitrogens with zero attached hydrogens (tertiary/aromatic N) is 2. The van der Waals surface area contributed by atoms with Crippen LogP contribution in [0.5, 0.6) is 0 Å². The Morgan fingerprint density at radius 3 is 2.65 bits per heavy atom.